The summed E-state index contributed by atoms with van der Waals surface area (Å²) >= 11 is 0. The largest absolute Gasteiger partial charge is 0.378 e. The summed E-state index contributed by atoms with van der Waals surface area (Å²) in [5.74, 6) is 0.608. The van der Waals surface area contributed by atoms with Gasteiger partial charge in [-0.3, -0.25) is 4.79 Å². The maximum Gasteiger partial charge on any atom is 0.253 e. The minimum Gasteiger partial charge on any atom is -0.378 e. The fourth-order valence-corrected chi connectivity index (χ4v) is 4.06. The first kappa shape index (κ1) is 17.4. The maximum absolute atomic E-state index is 12.2. The lowest BCUT2D eigenvalue weighted by Gasteiger charge is -2.35. The zero-order valence-electron chi connectivity index (χ0n) is 14.5. The van der Waals surface area contributed by atoms with Gasteiger partial charge in [0.2, 0.25) is 0 Å². The van der Waals surface area contributed by atoms with Gasteiger partial charge in [-0.2, -0.15) is 0 Å². The fourth-order valence-electron chi connectivity index (χ4n) is 4.06. The fraction of sp³-hybridized carbons (Fsp3) is 0.650. The highest BCUT2D eigenvalue weighted by atomic mass is 16.3. The van der Waals surface area contributed by atoms with Gasteiger partial charge in [0.25, 0.3) is 5.91 Å². The summed E-state index contributed by atoms with van der Waals surface area (Å²) in [7, 11) is 0. The molecular formula is C20H30N2O2. The molecule has 1 heterocycles. The highest BCUT2D eigenvalue weighted by Crippen LogP contribution is 2.25. The van der Waals surface area contributed by atoms with E-state index >= 15 is 0 Å². The molecule has 2 aliphatic rings. The van der Waals surface area contributed by atoms with Crippen molar-refractivity contribution in [2.45, 2.75) is 57.1 Å². The Hall–Kier alpha value is -1.39. The van der Waals surface area contributed by atoms with Gasteiger partial charge in [0.1, 0.15) is 0 Å². The maximum atomic E-state index is 12.2. The number of nitrogens with zero attached hydrogens (tertiary/aromatic N) is 1. The Balaban J connectivity index is 1.41. The number of benzene rings is 1. The summed E-state index contributed by atoms with van der Waals surface area (Å²) in [6.45, 7) is 3.35. The smallest absolute Gasteiger partial charge is 0.253 e. The SMILES string of the molecule is O=C(NC1CCN(CC2CCCCC2)CC1)C(O)c1ccccc1. The Morgan fingerprint density at radius 3 is 2.42 bits per heavy atom. The Kier molecular flexibility index (Phi) is 6.27. The van der Waals surface area contributed by atoms with Crippen LogP contribution in [0.3, 0.4) is 0 Å². The molecule has 4 heteroatoms. The lowest BCUT2D eigenvalue weighted by Crippen LogP contribution is -2.47. The quantitative estimate of drug-likeness (QED) is 0.873. The normalized spacial score (nSPS) is 22.2. The molecule has 24 heavy (non-hydrogen) atoms. The summed E-state index contributed by atoms with van der Waals surface area (Å²) in [5.41, 5.74) is 0.657. The van der Waals surface area contributed by atoms with Gasteiger partial charge in [-0.1, -0.05) is 49.6 Å². The second-order valence-electron chi connectivity index (χ2n) is 7.40. The molecule has 2 fully saturated rings. The molecule has 1 aliphatic heterocycles. The van der Waals surface area contributed by atoms with Crippen molar-refractivity contribution < 1.29 is 9.90 Å². The molecule has 1 atom stereocenters. The van der Waals surface area contributed by atoms with Crippen LogP contribution < -0.4 is 5.32 Å². The first-order chi connectivity index (χ1) is 11.7. The zero-order valence-corrected chi connectivity index (χ0v) is 14.5. The Labute approximate surface area is 145 Å². The van der Waals surface area contributed by atoms with Crippen LogP contribution in [0.15, 0.2) is 30.3 Å². The molecule has 1 unspecified atom stereocenters. The van der Waals surface area contributed by atoms with Crippen molar-refractivity contribution in [1.29, 1.82) is 0 Å². The summed E-state index contributed by atoms with van der Waals surface area (Å²) in [5, 5.41) is 13.2. The van der Waals surface area contributed by atoms with Gasteiger partial charge in [0, 0.05) is 25.7 Å². The number of nitrogens with one attached hydrogen (secondary N) is 1. The van der Waals surface area contributed by atoms with Crippen molar-refractivity contribution >= 4 is 5.91 Å². The minimum atomic E-state index is -1.06. The van der Waals surface area contributed by atoms with Crippen molar-refractivity contribution in [3.05, 3.63) is 35.9 Å². The van der Waals surface area contributed by atoms with Gasteiger partial charge in [-0.25, -0.2) is 0 Å². The minimum absolute atomic E-state index is 0.193. The molecule has 0 bridgehead atoms. The molecule has 1 amide bonds. The predicted octanol–water partition coefficient (Wildman–Crippen LogP) is 2.88. The van der Waals surface area contributed by atoms with Crippen molar-refractivity contribution in [3.63, 3.8) is 0 Å². The topological polar surface area (TPSA) is 52.6 Å². The van der Waals surface area contributed by atoms with E-state index in [1.165, 1.54) is 38.6 Å². The van der Waals surface area contributed by atoms with E-state index in [9.17, 15) is 9.90 Å². The number of aliphatic hydroxyl groups is 1. The number of aliphatic hydroxyl groups excluding tert-OH is 1. The summed E-state index contributed by atoms with van der Waals surface area (Å²) < 4.78 is 0. The molecule has 1 saturated carbocycles. The van der Waals surface area contributed by atoms with Gasteiger partial charge >= 0.3 is 0 Å². The molecule has 0 aromatic heterocycles. The Morgan fingerprint density at radius 1 is 1.08 bits per heavy atom. The molecule has 2 N–H and O–H groups in total. The van der Waals surface area contributed by atoms with Crippen molar-refractivity contribution in [3.8, 4) is 0 Å². The lowest BCUT2D eigenvalue weighted by atomic mass is 9.88. The van der Waals surface area contributed by atoms with Crippen LogP contribution in [0.2, 0.25) is 0 Å². The number of rotatable bonds is 5. The highest BCUT2D eigenvalue weighted by molar-refractivity contribution is 5.82. The number of hydrogen-bond acceptors (Lipinski definition) is 3. The van der Waals surface area contributed by atoms with Crippen molar-refractivity contribution in [1.82, 2.24) is 10.2 Å². The average Bonchev–Trinajstić information content (AvgIpc) is 2.64. The van der Waals surface area contributed by atoms with E-state index in [1.807, 2.05) is 18.2 Å². The molecule has 1 aromatic carbocycles. The molecule has 0 spiro atoms. The van der Waals surface area contributed by atoms with E-state index in [1.54, 1.807) is 12.1 Å². The number of likely N-dealkylation sites (tertiary alicyclic amines) is 1. The molecule has 4 nitrogen and oxygen atoms in total. The Bertz CT molecular complexity index is 506. The zero-order chi connectivity index (χ0) is 16.8. The molecular weight excluding hydrogens is 300 g/mol. The monoisotopic (exact) mass is 330 g/mol. The van der Waals surface area contributed by atoms with E-state index in [-0.39, 0.29) is 11.9 Å². The van der Waals surface area contributed by atoms with E-state index < -0.39 is 6.10 Å². The van der Waals surface area contributed by atoms with Crippen LogP contribution in [0.4, 0.5) is 0 Å². The number of hydrogen-bond donors (Lipinski definition) is 2. The molecule has 0 radical (unpaired) electrons. The molecule has 1 saturated heterocycles. The van der Waals surface area contributed by atoms with Gasteiger partial charge < -0.3 is 15.3 Å². The third-order valence-corrected chi connectivity index (χ3v) is 5.54. The van der Waals surface area contributed by atoms with Crippen LogP contribution in [0.1, 0.15) is 56.6 Å². The van der Waals surface area contributed by atoms with Crippen LogP contribution in [-0.2, 0) is 4.79 Å². The third-order valence-electron chi connectivity index (χ3n) is 5.54. The van der Waals surface area contributed by atoms with Gasteiger partial charge in [0.05, 0.1) is 0 Å². The number of piperidine rings is 1. The van der Waals surface area contributed by atoms with Crippen LogP contribution >= 0.6 is 0 Å². The van der Waals surface area contributed by atoms with Gasteiger partial charge in [-0.05, 0) is 37.2 Å². The second kappa shape index (κ2) is 8.63. The predicted molar refractivity (Wildman–Crippen MR) is 95.6 cm³/mol. The van der Waals surface area contributed by atoms with Crippen molar-refractivity contribution in [2.24, 2.45) is 5.92 Å². The molecule has 1 aromatic rings. The van der Waals surface area contributed by atoms with Crippen LogP contribution in [0.5, 0.6) is 0 Å². The Morgan fingerprint density at radius 2 is 1.75 bits per heavy atom. The van der Waals surface area contributed by atoms with E-state index in [2.05, 4.69) is 10.2 Å². The lowest BCUT2D eigenvalue weighted by molar-refractivity contribution is -0.130. The third kappa shape index (κ3) is 4.81. The average molecular weight is 330 g/mol. The molecule has 1 aliphatic carbocycles. The number of carbonyl (C=O) groups excluding carboxylic acids is 1. The van der Waals surface area contributed by atoms with Crippen LogP contribution in [-0.4, -0.2) is 41.6 Å². The standard InChI is InChI=1S/C20H30N2O2/c23-19(17-9-5-2-6-10-17)20(24)21-18-11-13-22(14-12-18)15-16-7-3-1-4-8-16/h2,5-6,9-10,16,18-19,23H,1,3-4,7-8,11-15H2,(H,21,24). The molecule has 3 rings (SSSR count). The summed E-state index contributed by atoms with van der Waals surface area (Å²) in [6, 6.07) is 9.34. The number of amides is 1. The van der Waals surface area contributed by atoms with E-state index in [0.717, 1.165) is 31.8 Å². The van der Waals surface area contributed by atoms with Gasteiger partial charge in [0.15, 0.2) is 6.10 Å². The first-order valence-electron chi connectivity index (χ1n) is 9.48. The van der Waals surface area contributed by atoms with Crippen LogP contribution in [0, 0.1) is 5.92 Å². The van der Waals surface area contributed by atoms with E-state index in [0.29, 0.717) is 5.56 Å². The second-order valence-corrected chi connectivity index (χ2v) is 7.40. The first-order valence-corrected chi connectivity index (χ1v) is 9.48. The van der Waals surface area contributed by atoms with Crippen molar-refractivity contribution in [2.75, 3.05) is 19.6 Å². The van der Waals surface area contributed by atoms with Crippen LogP contribution in [0.25, 0.3) is 0 Å². The summed E-state index contributed by atoms with van der Waals surface area (Å²) in [4.78, 5) is 14.8. The highest BCUT2D eigenvalue weighted by Gasteiger charge is 2.25. The number of carbonyl (C=O) groups is 1. The summed E-state index contributed by atoms with van der Waals surface area (Å²) in [6.07, 6.45) is 7.89. The van der Waals surface area contributed by atoms with E-state index in [4.69, 9.17) is 0 Å². The molecule has 132 valence electrons. The van der Waals surface area contributed by atoms with Gasteiger partial charge in [-0.15, -0.1) is 0 Å².